The molecule has 1 aromatic heterocycles. The lowest BCUT2D eigenvalue weighted by Gasteiger charge is -2.18. The van der Waals surface area contributed by atoms with Crippen LogP contribution in [0.15, 0.2) is 52.3 Å². The van der Waals surface area contributed by atoms with Crippen molar-refractivity contribution in [2.45, 2.75) is 6.04 Å². The first kappa shape index (κ1) is 14.1. The third-order valence-electron chi connectivity index (χ3n) is 3.40. The summed E-state index contributed by atoms with van der Waals surface area (Å²) >= 11 is 11.7. The number of nitrogens with one attached hydrogen (secondary N) is 1. The van der Waals surface area contributed by atoms with Gasteiger partial charge in [0.2, 0.25) is 0 Å². The lowest BCUT2D eigenvalue weighted by atomic mass is 9.98. The highest BCUT2D eigenvalue weighted by Gasteiger charge is 2.19. The second kappa shape index (κ2) is 5.86. The summed E-state index contributed by atoms with van der Waals surface area (Å²) in [7, 11) is 1.97. The quantitative estimate of drug-likeness (QED) is 0.634. The fraction of sp³-hybridized carbons (Fsp3) is 0.125. The van der Waals surface area contributed by atoms with E-state index < -0.39 is 0 Å². The van der Waals surface area contributed by atoms with Crippen LogP contribution in [-0.2, 0) is 0 Å². The number of fused-ring (bicyclic) bond motifs is 1. The molecule has 2 aromatic carbocycles. The fourth-order valence-corrected chi connectivity index (χ4v) is 4.05. The van der Waals surface area contributed by atoms with Gasteiger partial charge in [0.1, 0.15) is 0 Å². The summed E-state index contributed by atoms with van der Waals surface area (Å²) in [6, 6.07) is 14.6. The molecular formula is C16H13BrClNS. The van der Waals surface area contributed by atoms with Gasteiger partial charge < -0.3 is 5.32 Å². The largest absolute Gasteiger partial charge is 0.309 e. The minimum Gasteiger partial charge on any atom is -0.309 e. The normalized spacial score (nSPS) is 12.8. The fourth-order valence-electron chi connectivity index (χ4n) is 2.44. The minimum atomic E-state index is 0.0937. The molecule has 0 spiro atoms. The van der Waals surface area contributed by atoms with Crippen molar-refractivity contribution in [2.75, 3.05) is 7.05 Å². The first-order chi connectivity index (χ1) is 9.72. The van der Waals surface area contributed by atoms with E-state index in [1.807, 2.05) is 19.2 Å². The topological polar surface area (TPSA) is 12.0 Å². The van der Waals surface area contributed by atoms with Gasteiger partial charge in [0, 0.05) is 9.17 Å². The van der Waals surface area contributed by atoms with Crippen molar-refractivity contribution < 1.29 is 0 Å². The van der Waals surface area contributed by atoms with E-state index in [4.69, 9.17) is 11.6 Å². The van der Waals surface area contributed by atoms with Crippen LogP contribution in [0.3, 0.4) is 0 Å². The zero-order valence-corrected chi connectivity index (χ0v) is 14.0. The summed E-state index contributed by atoms with van der Waals surface area (Å²) in [5.74, 6) is 0. The molecule has 1 nitrogen and oxygen atoms in total. The van der Waals surface area contributed by atoms with Crippen molar-refractivity contribution in [2.24, 2.45) is 0 Å². The first-order valence-corrected chi connectivity index (χ1v) is 8.34. The molecule has 1 unspecified atom stereocenters. The molecule has 0 aliphatic rings. The molecule has 3 rings (SSSR count). The van der Waals surface area contributed by atoms with Crippen molar-refractivity contribution in [3.05, 3.63) is 68.5 Å². The van der Waals surface area contributed by atoms with E-state index in [-0.39, 0.29) is 6.04 Å². The van der Waals surface area contributed by atoms with E-state index in [1.165, 1.54) is 15.6 Å². The van der Waals surface area contributed by atoms with Gasteiger partial charge in [-0.15, -0.1) is 11.3 Å². The molecular weight excluding hydrogens is 354 g/mol. The Morgan fingerprint density at radius 3 is 2.70 bits per heavy atom. The average molecular weight is 367 g/mol. The van der Waals surface area contributed by atoms with E-state index in [2.05, 4.69) is 57.0 Å². The van der Waals surface area contributed by atoms with Crippen molar-refractivity contribution in [3.8, 4) is 0 Å². The molecule has 0 radical (unpaired) electrons. The van der Waals surface area contributed by atoms with Crippen LogP contribution >= 0.6 is 38.9 Å². The summed E-state index contributed by atoms with van der Waals surface area (Å²) in [6.07, 6.45) is 0. The number of hydrogen-bond donors (Lipinski definition) is 1. The molecule has 0 fully saturated rings. The monoisotopic (exact) mass is 365 g/mol. The zero-order valence-electron chi connectivity index (χ0n) is 10.9. The Labute approximate surface area is 135 Å². The van der Waals surface area contributed by atoms with Gasteiger partial charge in [0.05, 0.1) is 11.1 Å². The number of thiophene rings is 1. The summed E-state index contributed by atoms with van der Waals surface area (Å²) in [5, 5.41) is 7.64. The van der Waals surface area contributed by atoms with Gasteiger partial charge in [-0.1, -0.05) is 41.9 Å². The smallest absolute Gasteiger partial charge is 0.0603 e. The summed E-state index contributed by atoms with van der Waals surface area (Å²) in [5.41, 5.74) is 2.36. The first-order valence-electron chi connectivity index (χ1n) is 6.29. The van der Waals surface area contributed by atoms with E-state index in [1.54, 1.807) is 11.3 Å². The van der Waals surface area contributed by atoms with E-state index in [0.29, 0.717) is 0 Å². The Morgan fingerprint density at radius 2 is 1.90 bits per heavy atom. The molecule has 1 atom stereocenters. The van der Waals surface area contributed by atoms with E-state index in [0.717, 1.165) is 15.1 Å². The Morgan fingerprint density at radius 1 is 1.10 bits per heavy atom. The van der Waals surface area contributed by atoms with Gasteiger partial charge in [-0.2, -0.15) is 0 Å². The molecule has 0 aliphatic heterocycles. The van der Waals surface area contributed by atoms with Crippen molar-refractivity contribution in [3.63, 3.8) is 0 Å². The molecule has 0 saturated carbocycles. The van der Waals surface area contributed by atoms with Gasteiger partial charge in [0.15, 0.2) is 0 Å². The van der Waals surface area contributed by atoms with Gasteiger partial charge in [-0.25, -0.2) is 0 Å². The molecule has 0 amide bonds. The maximum Gasteiger partial charge on any atom is 0.0603 e. The van der Waals surface area contributed by atoms with Crippen LogP contribution in [0.4, 0.5) is 0 Å². The highest BCUT2D eigenvalue weighted by Crippen LogP contribution is 2.37. The zero-order chi connectivity index (χ0) is 14.1. The molecule has 1 heterocycles. The minimum absolute atomic E-state index is 0.0937. The predicted octanol–water partition coefficient (Wildman–Crippen LogP) is 5.63. The van der Waals surface area contributed by atoms with Crippen LogP contribution in [0, 0.1) is 0 Å². The van der Waals surface area contributed by atoms with Gasteiger partial charge in [-0.05, 0) is 57.0 Å². The standard InChI is InChI=1S/C16H13BrClNS/c1-19-16(11-6-4-7-13(17)15(11)18)12-9-20-14-8-3-2-5-10(12)14/h2-9,16,19H,1H3. The summed E-state index contributed by atoms with van der Waals surface area (Å²) in [4.78, 5) is 0. The molecule has 20 heavy (non-hydrogen) atoms. The van der Waals surface area contributed by atoms with Gasteiger partial charge >= 0.3 is 0 Å². The van der Waals surface area contributed by atoms with Gasteiger partial charge in [0.25, 0.3) is 0 Å². The van der Waals surface area contributed by atoms with E-state index in [9.17, 15) is 0 Å². The number of hydrogen-bond acceptors (Lipinski definition) is 2. The Balaban J connectivity index is 2.17. The number of halogens is 2. The molecule has 3 aromatic rings. The van der Waals surface area contributed by atoms with Crippen LogP contribution in [0.25, 0.3) is 10.1 Å². The summed E-state index contributed by atoms with van der Waals surface area (Å²) in [6.45, 7) is 0. The van der Waals surface area contributed by atoms with Crippen molar-refractivity contribution in [1.82, 2.24) is 5.32 Å². The van der Waals surface area contributed by atoms with Crippen LogP contribution in [0.2, 0.25) is 5.02 Å². The predicted molar refractivity (Wildman–Crippen MR) is 91.9 cm³/mol. The van der Waals surface area contributed by atoms with Crippen LogP contribution in [0.5, 0.6) is 0 Å². The maximum atomic E-state index is 6.45. The molecule has 1 N–H and O–H groups in total. The second-order valence-corrected chi connectivity index (χ2v) is 6.70. The highest BCUT2D eigenvalue weighted by atomic mass is 79.9. The molecule has 0 bridgehead atoms. The van der Waals surface area contributed by atoms with Crippen molar-refractivity contribution in [1.29, 1.82) is 0 Å². The van der Waals surface area contributed by atoms with Gasteiger partial charge in [-0.3, -0.25) is 0 Å². The van der Waals surface area contributed by atoms with Crippen LogP contribution in [0.1, 0.15) is 17.2 Å². The number of benzene rings is 2. The third-order valence-corrected chi connectivity index (χ3v) is 5.70. The van der Waals surface area contributed by atoms with Crippen molar-refractivity contribution >= 4 is 49.0 Å². The second-order valence-electron chi connectivity index (χ2n) is 4.55. The molecule has 0 aliphatic carbocycles. The highest BCUT2D eigenvalue weighted by molar-refractivity contribution is 9.10. The molecule has 0 saturated heterocycles. The lowest BCUT2D eigenvalue weighted by Crippen LogP contribution is -2.17. The third kappa shape index (κ3) is 2.40. The Hall–Kier alpha value is -0.870. The molecule has 102 valence electrons. The Bertz CT molecular complexity index is 753. The average Bonchev–Trinajstić information content (AvgIpc) is 2.88. The van der Waals surface area contributed by atoms with E-state index >= 15 is 0 Å². The van der Waals surface area contributed by atoms with Crippen LogP contribution in [-0.4, -0.2) is 7.05 Å². The number of rotatable bonds is 3. The Kier molecular flexibility index (Phi) is 4.13. The van der Waals surface area contributed by atoms with Crippen LogP contribution < -0.4 is 5.32 Å². The lowest BCUT2D eigenvalue weighted by molar-refractivity contribution is 0.698. The summed E-state index contributed by atoms with van der Waals surface area (Å²) < 4.78 is 2.23. The SMILES string of the molecule is CNC(c1cccc(Br)c1Cl)c1csc2ccccc12. The maximum absolute atomic E-state index is 6.45. The molecule has 4 heteroatoms.